The highest BCUT2D eigenvalue weighted by molar-refractivity contribution is 6.30. The zero-order chi connectivity index (χ0) is 16.8. The zero-order valence-electron chi connectivity index (χ0n) is 13.5. The third-order valence-electron chi connectivity index (χ3n) is 3.54. The second-order valence-corrected chi connectivity index (χ2v) is 5.93. The first-order valence-electron chi connectivity index (χ1n) is 7.33. The molecule has 0 heterocycles. The number of anilines is 1. The van der Waals surface area contributed by atoms with Crippen LogP contribution in [0.4, 0.5) is 5.69 Å². The summed E-state index contributed by atoms with van der Waals surface area (Å²) in [5, 5.41) is 4.63. The van der Waals surface area contributed by atoms with Crippen molar-refractivity contribution < 1.29 is 4.79 Å². The van der Waals surface area contributed by atoms with Crippen LogP contribution < -0.4 is 10.3 Å². The van der Waals surface area contributed by atoms with Gasteiger partial charge in [0.25, 0.3) is 0 Å². The maximum atomic E-state index is 12.1. The summed E-state index contributed by atoms with van der Waals surface area (Å²) in [5.74, 6) is -0.490. The lowest BCUT2D eigenvalue weighted by Crippen LogP contribution is -2.23. The molecule has 1 unspecified atom stereocenters. The van der Waals surface area contributed by atoms with E-state index in [0.29, 0.717) is 5.02 Å². The lowest BCUT2D eigenvalue weighted by molar-refractivity contribution is -0.122. The Morgan fingerprint density at radius 2 is 1.91 bits per heavy atom. The van der Waals surface area contributed by atoms with Crippen LogP contribution in [0, 0.1) is 0 Å². The SMILES string of the molecule is CC(C(=O)N/N=C/c1ccc(N(C)C)cc1)c1cccc(Cl)c1. The van der Waals surface area contributed by atoms with Gasteiger partial charge in [0.1, 0.15) is 0 Å². The average Bonchev–Trinajstić information content (AvgIpc) is 2.54. The minimum absolute atomic E-state index is 0.173. The number of carbonyl (C=O) groups is 1. The molecule has 0 bridgehead atoms. The van der Waals surface area contributed by atoms with Gasteiger partial charge in [-0.1, -0.05) is 35.9 Å². The van der Waals surface area contributed by atoms with Gasteiger partial charge in [-0.3, -0.25) is 4.79 Å². The van der Waals surface area contributed by atoms with Crippen molar-refractivity contribution in [2.75, 3.05) is 19.0 Å². The minimum Gasteiger partial charge on any atom is -0.378 e. The van der Waals surface area contributed by atoms with Gasteiger partial charge in [0.15, 0.2) is 0 Å². The number of amides is 1. The molecule has 0 saturated carbocycles. The minimum atomic E-state index is -0.318. The average molecular weight is 330 g/mol. The molecule has 0 aliphatic rings. The highest BCUT2D eigenvalue weighted by Crippen LogP contribution is 2.19. The third-order valence-corrected chi connectivity index (χ3v) is 3.77. The summed E-state index contributed by atoms with van der Waals surface area (Å²) >= 11 is 5.95. The summed E-state index contributed by atoms with van der Waals surface area (Å²) in [6.45, 7) is 1.82. The molecule has 0 aromatic heterocycles. The molecule has 0 radical (unpaired) electrons. The van der Waals surface area contributed by atoms with E-state index in [0.717, 1.165) is 16.8 Å². The standard InChI is InChI=1S/C18H20ClN3O/c1-13(15-5-4-6-16(19)11-15)18(23)21-20-12-14-7-9-17(10-8-14)22(2)3/h4-13H,1-3H3,(H,21,23)/b20-12+. The number of nitrogens with one attached hydrogen (secondary N) is 1. The van der Waals surface area contributed by atoms with Crippen molar-refractivity contribution >= 4 is 29.4 Å². The molecule has 120 valence electrons. The Morgan fingerprint density at radius 3 is 2.52 bits per heavy atom. The molecule has 0 saturated heterocycles. The Labute approximate surface area is 141 Å². The van der Waals surface area contributed by atoms with Crippen molar-refractivity contribution in [2.45, 2.75) is 12.8 Å². The molecule has 1 amide bonds. The summed E-state index contributed by atoms with van der Waals surface area (Å²) in [7, 11) is 3.97. The van der Waals surface area contributed by atoms with Crippen molar-refractivity contribution in [2.24, 2.45) is 5.10 Å². The van der Waals surface area contributed by atoms with E-state index in [2.05, 4.69) is 10.5 Å². The van der Waals surface area contributed by atoms with E-state index in [1.165, 1.54) is 0 Å². The third kappa shape index (κ3) is 4.83. The number of benzene rings is 2. The predicted octanol–water partition coefficient (Wildman–Crippen LogP) is 3.66. The lowest BCUT2D eigenvalue weighted by Gasteiger charge is -2.12. The second-order valence-electron chi connectivity index (χ2n) is 5.50. The Hall–Kier alpha value is -2.33. The fourth-order valence-corrected chi connectivity index (χ4v) is 2.25. The van der Waals surface area contributed by atoms with Gasteiger partial charge in [-0.2, -0.15) is 5.10 Å². The smallest absolute Gasteiger partial charge is 0.247 e. The summed E-state index contributed by atoms with van der Waals surface area (Å²) in [4.78, 5) is 14.1. The van der Waals surface area contributed by atoms with Gasteiger partial charge >= 0.3 is 0 Å². The van der Waals surface area contributed by atoms with Gasteiger partial charge < -0.3 is 4.90 Å². The zero-order valence-corrected chi connectivity index (χ0v) is 14.2. The number of nitrogens with zero attached hydrogens (tertiary/aromatic N) is 2. The van der Waals surface area contributed by atoms with Gasteiger partial charge in [-0.25, -0.2) is 5.43 Å². The number of halogens is 1. The van der Waals surface area contributed by atoms with Crippen molar-refractivity contribution in [3.8, 4) is 0 Å². The second kappa shape index (κ2) is 7.79. The first-order chi connectivity index (χ1) is 11.0. The van der Waals surface area contributed by atoms with E-state index in [4.69, 9.17) is 11.6 Å². The Kier molecular flexibility index (Phi) is 5.77. The van der Waals surface area contributed by atoms with Crippen LogP contribution >= 0.6 is 11.6 Å². The summed E-state index contributed by atoms with van der Waals surface area (Å²) in [5.41, 5.74) is 5.46. The van der Waals surface area contributed by atoms with Gasteiger partial charge in [-0.05, 0) is 42.3 Å². The number of hydrogen-bond donors (Lipinski definition) is 1. The Morgan fingerprint density at radius 1 is 1.22 bits per heavy atom. The molecule has 0 aliphatic heterocycles. The normalized spacial score (nSPS) is 12.2. The molecule has 1 atom stereocenters. The molecule has 5 heteroatoms. The van der Waals surface area contributed by atoms with Crippen LogP contribution in [0.1, 0.15) is 24.0 Å². The Balaban J connectivity index is 1.95. The van der Waals surface area contributed by atoms with Crippen molar-refractivity contribution in [1.82, 2.24) is 5.43 Å². The Bertz CT molecular complexity index is 696. The van der Waals surface area contributed by atoms with Crippen LogP contribution in [0.2, 0.25) is 5.02 Å². The molecule has 2 aromatic carbocycles. The molecular weight excluding hydrogens is 310 g/mol. The van der Waals surface area contributed by atoms with Crippen LogP contribution in [-0.4, -0.2) is 26.2 Å². The van der Waals surface area contributed by atoms with Gasteiger partial charge in [0, 0.05) is 24.8 Å². The summed E-state index contributed by atoms with van der Waals surface area (Å²) in [6.07, 6.45) is 1.63. The van der Waals surface area contributed by atoms with Crippen LogP contribution in [0.3, 0.4) is 0 Å². The maximum absolute atomic E-state index is 12.1. The largest absolute Gasteiger partial charge is 0.378 e. The topological polar surface area (TPSA) is 44.7 Å². The van der Waals surface area contributed by atoms with Crippen molar-refractivity contribution in [3.05, 3.63) is 64.7 Å². The molecule has 0 fully saturated rings. The molecular formula is C18H20ClN3O. The monoisotopic (exact) mass is 329 g/mol. The molecule has 0 spiro atoms. The van der Waals surface area contributed by atoms with Crippen LogP contribution in [0.5, 0.6) is 0 Å². The lowest BCUT2D eigenvalue weighted by atomic mass is 10.0. The molecule has 23 heavy (non-hydrogen) atoms. The van der Waals surface area contributed by atoms with E-state index in [9.17, 15) is 4.79 Å². The van der Waals surface area contributed by atoms with Gasteiger partial charge in [-0.15, -0.1) is 0 Å². The molecule has 4 nitrogen and oxygen atoms in total. The highest BCUT2D eigenvalue weighted by atomic mass is 35.5. The van der Waals surface area contributed by atoms with Crippen LogP contribution in [0.25, 0.3) is 0 Å². The number of rotatable bonds is 5. The molecule has 1 N–H and O–H groups in total. The predicted molar refractivity (Wildman–Crippen MR) is 96.4 cm³/mol. The van der Waals surface area contributed by atoms with Crippen LogP contribution in [-0.2, 0) is 4.79 Å². The highest BCUT2D eigenvalue weighted by Gasteiger charge is 2.14. The van der Waals surface area contributed by atoms with E-state index in [1.54, 1.807) is 18.3 Å². The number of hydrazone groups is 1. The first-order valence-corrected chi connectivity index (χ1v) is 7.71. The molecule has 2 aromatic rings. The number of hydrogen-bond acceptors (Lipinski definition) is 3. The van der Waals surface area contributed by atoms with Crippen LogP contribution in [0.15, 0.2) is 53.6 Å². The molecule has 2 rings (SSSR count). The van der Waals surface area contributed by atoms with Crippen molar-refractivity contribution in [3.63, 3.8) is 0 Å². The van der Waals surface area contributed by atoms with Crippen molar-refractivity contribution in [1.29, 1.82) is 0 Å². The number of carbonyl (C=O) groups excluding carboxylic acids is 1. The summed E-state index contributed by atoms with van der Waals surface area (Å²) in [6, 6.07) is 15.2. The van der Waals surface area contributed by atoms with Gasteiger partial charge in [0.2, 0.25) is 5.91 Å². The summed E-state index contributed by atoms with van der Waals surface area (Å²) < 4.78 is 0. The van der Waals surface area contributed by atoms with Gasteiger partial charge in [0.05, 0.1) is 12.1 Å². The van der Waals surface area contributed by atoms with E-state index in [-0.39, 0.29) is 11.8 Å². The maximum Gasteiger partial charge on any atom is 0.247 e. The fourth-order valence-electron chi connectivity index (χ4n) is 2.05. The van der Waals surface area contributed by atoms with E-state index < -0.39 is 0 Å². The quantitative estimate of drug-likeness (QED) is 0.672. The molecule has 0 aliphatic carbocycles. The first kappa shape index (κ1) is 17.0. The van der Waals surface area contributed by atoms with E-state index >= 15 is 0 Å². The van der Waals surface area contributed by atoms with E-state index in [1.807, 2.05) is 62.3 Å². The fraction of sp³-hybridized carbons (Fsp3) is 0.222.